The third-order valence-electron chi connectivity index (χ3n) is 2.70. The van der Waals surface area contributed by atoms with Gasteiger partial charge >= 0.3 is 5.97 Å². The maximum Gasteiger partial charge on any atom is 0.323 e. The second kappa shape index (κ2) is 8.17. The summed E-state index contributed by atoms with van der Waals surface area (Å²) in [5.41, 5.74) is 6.40. The number of methoxy groups -OCH3 is 1. The Morgan fingerprint density at radius 1 is 1.40 bits per heavy atom. The topological polar surface area (TPSA) is 90.6 Å². The standard InChI is InChI=1S/C13H21N2O4P/c1-3-19-20(17,10-14)15-12(13(16)18-2)9-11-7-5-4-6-8-11/h4-8,12H,3,9-10,14H2,1-2H3,(H,15,17)/t12-,20?/m0/s1. The molecule has 1 unspecified atom stereocenters. The Hall–Kier alpha value is -1.20. The number of nitrogens with one attached hydrogen (secondary N) is 1. The van der Waals surface area contributed by atoms with Gasteiger partial charge in [0.2, 0.25) is 0 Å². The molecule has 0 aromatic heterocycles. The molecule has 112 valence electrons. The minimum absolute atomic E-state index is 0.177. The summed E-state index contributed by atoms with van der Waals surface area (Å²) in [6.07, 6.45) is 0.174. The number of carbonyl (C=O) groups excluding carboxylic acids is 1. The van der Waals surface area contributed by atoms with Gasteiger partial charge < -0.3 is 15.0 Å². The number of esters is 1. The van der Waals surface area contributed by atoms with Gasteiger partial charge in [-0.3, -0.25) is 9.36 Å². The van der Waals surface area contributed by atoms with E-state index in [4.69, 9.17) is 15.0 Å². The van der Waals surface area contributed by atoms with Crippen LogP contribution in [0.4, 0.5) is 0 Å². The van der Waals surface area contributed by atoms with E-state index < -0.39 is 19.5 Å². The summed E-state index contributed by atoms with van der Waals surface area (Å²) in [5.74, 6) is -0.498. The smallest absolute Gasteiger partial charge is 0.323 e. The Kier molecular flexibility index (Phi) is 6.88. The van der Waals surface area contributed by atoms with Crippen molar-refractivity contribution in [3.8, 4) is 0 Å². The van der Waals surface area contributed by atoms with Crippen LogP contribution in [-0.4, -0.2) is 32.0 Å². The van der Waals surface area contributed by atoms with Crippen molar-refractivity contribution < 1.29 is 18.6 Å². The predicted molar refractivity (Wildman–Crippen MR) is 77.4 cm³/mol. The molecular weight excluding hydrogens is 279 g/mol. The third-order valence-corrected chi connectivity index (χ3v) is 4.56. The molecule has 7 heteroatoms. The van der Waals surface area contributed by atoms with E-state index in [9.17, 15) is 9.36 Å². The maximum absolute atomic E-state index is 12.3. The number of hydrogen-bond acceptors (Lipinski definition) is 5. The van der Waals surface area contributed by atoms with Gasteiger partial charge in [-0.25, -0.2) is 5.09 Å². The summed E-state index contributed by atoms with van der Waals surface area (Å²) < 4.78 is 22.2. The lowest BCUT2D eigenvalue weighted by Crippen LogP contribution is -2.39. The van der Waals surface area contributed by atoms with Gasteiger partial charge in [0.25, 0.3) is 7.52 Å². The molecule has 1 aromatic rings. The van der Waals surface area contributed by atoms with E-state index in [-0.39, 0.29) is 12.9 Å². The van der Waals surface area contributed by atoms with Crippen molar-refractivity contribution in [2.75, 3.05) is 20.0 Å². The van der Waals surface area contributed by atoms with Crippen LogP contribution in [-0.2, 0) is 25.0 Å². The summed E-state index contributed by atoms with van der Waals surface area (Å²) in [6.45, 7) is 1.97. The number of benzene rings is 1. The first-order chi connectivity index (χ1) is 9.54. The van der Waals surface area contributed by atoms with Gasteiger partial charge in [-0.05, 0) is 18.9 Å². The Balaban J connectivity index is 2.85. The zero-order valence-corrected chi connectivity index (χ0v) is 12.6. The van der Waals surface area contributed by atoms with E-state index in [0.29, 0.717) is 6.42 Å². The molecule has 0 spiro atoms. The van der Waals surface area contributed by atoms with Crippen LogP contribution in [0.3, 0.4) is 0 Å². The fourth-order valence-corrected chi connectivity index (χ4v) is 3.14. The van der Waals surface area contributed by atoms with Gasteiger partial charge in [0.1, 0.15) is 6.04 Å². The molecule has 0 heterocycles. The first kappa shape index (κ1) is 16.9. The lowest BCUT2D eigenvalue weighted by atomic mass is 10.1. The molecule has 0 bridgehead atoms. The maximum atomic E-state index is 12.3. The van der Waals surface area contributed by atoms with Crippen LogP contribution in [0.15, 0.2) is 30.3 Å². The number of carbonyl (C=O) groups is 1. The van der Waals surface area contributed by atoms with Crippen LogP contribution in [0.1, 0.15) is 12.5 Å². The largest absolute Gasteiger partial charge is 0.468 e. The van der Waals surface area contributed by atoms with Crippen molar-refractivity contribution in [1.82, 2.24) is 5.09 Å². The number of hydrogen-bond donors (Lipinski definition) is 2. The second-order valence-corrected chi connectivity index (χ2v) is 6.40. The fourth-order valence-electron chi connectivity index (χ4n) is 1.76. The zero-order chi connectivity index (χ0) is 15.0. The summed E-state index contributed by atoms with van der Waals surface area (Å²) in [6, 6.07) is 8.62. The molecule has 1 aromatic carbocycles. The summed E-state index contributed by atoms with van der Waals surface area (Å²) in [5, 5.41) is 2.71. The van der Waals surface area contributed by atoms with Crippen LogP contribution in [0.5, 0.6) is 0 Å². The average Bonchev–Trinajstić information content (AvgIpc) is 2.47. The molecule has 0 aliphatic carbocycles. The molecule has 0 saturated carbocycles. The Morgan fingerprint density at radius 2 is 2.05 bits per heavy atom. The van der Waals surface area contributed by atoms with Crippen LogP contribution in [0, 0.1) is 0 Å². The molecule has 0 fully saturated rings. The quantitative estimate of drug-likeness (QED) is 0.558. The molecule has 0 radical (unpaired) electrons. The van der Waals surface area contributed by atoms with Crippen molar-refractivity contribution in [3.63, 3.8) is 0 Å². The van der Waals surface area contributed by atoms with Crippen molar-refractivity contribution in [1.29, 1.82) is 0 Å². The Labute approximate surface area is 119 Å². The first-order valence-corrected chi connectivity index (χ1v) is 8.19. The van der Waals surface area contributed by atoms with Crippen molar-refractivity contribution >= 4 is 13.5 Å². The van der Waals surface area contributed by atoms with Crippen molar-refractivity contribution in [2.45, 2.75) is 19.4 Å². The Morgan fingerprint density at radius 3 is 2.55 bits per heavy atom. The van der Waals surface area contributed by atoms with Gasteiger partial charge in [-0.15, -0.1) is 0 Å². The SMILES string of the molecule is CCOP(=O)(CN)N[C@@H](Cc1ccccc1)C(=O)OC. The molecule has 20 heavy (non-hydrogen) atoms. The van der Waals surface area contributed by atoms with Gasteiger partial charge in [-0.2, -0.15) is 0 Å². The molecule has 3 N–H and O–H groups in total. The van der Waals surface area contributed by atoms with Crippen molar-refractivity contribution in [3.05, 3.63) is 35.9 Å². The highest BCUT2D eigenvalue weighted by Gasteiger charge is 2.29. The summed E-state index contributed by atoms with van der Waals surface area (Å²) in [4.78, 5) is 11.8. The molecule has 6 nitrogen and oxygen atoms in total. The van der Waals surface area contributed by atoms with E-state index in [1.165, 1.54) is 7.11 Å². The fraction of sp³-hybridized carbons (Fsp3) is 0.462. The Bertz CT molecular complexity index is 467. The molecule has 0 saturated heterocycles. The highest BCUT2D eigenvalue weighted by Crippen LogP contribution is 2.40. The minimum Gasteiger partial charge on any atom is -0.468 e. The van der Waals surface area contributed by atoms with Gasteiger partial charge in [0, 0.05) is 0 Å². The van der Waals surface area contributed by atoms with Crippen LogP contribution in [0.2, 0.25) is 0 Å². The van der Waals surface area contributed by atoms with Gasteiger partial charge in [0.15, 0.2) is 0 Å². The summed E-state index contributed by atoms with van der Waals surface area (Å²) >= 11 is 0. The first-order valence-electron chi connectivity index (χ1n) is 6.38. The van der Waals surface area contributed by atoms with Gasteiger partial charge in [-0.1, -0.05) is 30.3 Å². The van der Waals surface area contributed by atoms with Crippen LogP contribution in [0.25, 0.3) is 0 Å². The van der Waals surface area contributed by atoms with E-state index >= 15 is 0 Å². The second-order valence-electron chi connectivity index (χ2n) is 4.17. The molecule has 1 rings (SSSR count). The molecule has 0 aliphatic rings. The van der Waals surface area contributed by atoms with E-state index in [1.54, 1.807) is 6.92 Å². The zero-order valence-electron chi connectivity index (χ0n) is 11.7. The predicted octanol–water partition coefficient (Wildman–Crippen LogP) is 1.51. The number of nitrogens with two attached hydrogens (primary N) is 1. The van der Waals surface area contributed by atoms with E-state index in [0.717, 1.165) is 5.56 Å². The van der Waals surface area contributed by atoms with Crippen LogP contribution >= 0.6 is 7.52 Å². The highest BCUT2D eigenvalue weighted by atomic mass is 31.2. The molecule has 2 atom stereocenters. The molecule has 0 amide bonds. The average molecular weight is 300 g/mol. The number of ether oxygens (including phenoxy) is 1. The van der Waals surface area contributed by atoms with Crippen molar-refractivity contribution in [2.24, 2.45) is 5.73 Å². The monoisotopic (exact) mass is 300 g/mol. The number of rotatable bonds is 8. The molecular formula is C13H21N2O4P. The summed E-state index contributed by atoms with van der Waals surface area (Å²) in [7, 11) is -1.95. The minimum atomic E-state index is -3.23. The molecule has 0 aliphatic heterocycles. The third kappa shape index (κ3) is 5.06. The van der Waals surface area contributed by atoms with E-state index in [1.807, 2.05) is 30.3 Å². The highest BCUT2D eigenvalue weighted by molar-refractivity contribution is 7.56. The van der Waals surface area contributed by atoms with Crippen LogP contribution < -0.4 is 10.8 Å². The lowest BCUT2D eigenvalue weighted by Gasteiger charge is -2.23. The lowest BCUT2D eigenvalue weighted by molar-refractivity contribution is -0.142. The normalized spacial score (nSPS) is 15.3. The van der Waals surface area contributed by atoms with Gasteiger partial charge in [0.05, 0.1) is 20.0 Å². The van der Waals surface area contributed by atoms with E-state index in [2.05, 4.69) is 5.09 Å².